The van der Waals surface area contributed by atoms with Crippen molar-refractivity contribution in [2.24, 2.45) is 7.05 Å². The first-order chi connectivity index (χ1) is 9.81. The third-order valence-electron chi connectivity index (χ3n) is 2.63. The number of nitriles is 1. The standard InChI is InChI=1S/C13H9F3N4O/c1-20-7-9(6-17)11(19-20)18-12(21)8-3-2-4-10(5-8)13(14,15)16/h2-5,7H,1H3,(H,18,19,21). The Hall–Kier alpha value is -2.82. The number of amides is 1. The van der Waals surface area contributed by atoms with Crippen molar-refractivity contribution in [2.45, 2.75) is 6.18 Å². The van der Waals surface area contributed by atoms with E-state index in [2.05, 4.69) is 10.4 Å². The summed E-state index contributed by atoms with van der Waals surface area (Å²) < 4.78 is 39.1. The van der Waals surface area contributed by atoms with Gasteiger partial charge in [0.15, 0.2) is 5.82 Å². The molecule has 1 heterocycles. The molecule has 0 atom stereocenters. The normalized spacial score (nSPS) is 11.0. The minimum atomic E-state index is -4.53. The van der Waals surface area contributed by atoms with E-state index >= 15 is 0 Å². The Balaban J connectivity index is 2.27. The van der Waals surface area contributed by atoms with Crippen LogP contribution in [-0.4, -0.2) is 15.7 Å². The molecular weight excluding hydrogens is 285 g/mol. The van der Waals surface area contributed by atoms with Gasteiger partial charge in [-0.25, -0.2) is 0 Å². The summed E-state index contributed by atoms with van der Waals surface area (Å²) in [6.07, 6.45) is -3.14. The maximum atomic E-state index is 12.6. The predicted molar refractivity (Wildman–Crippen MR) is 67.3 cm³/mol. The van der Waals surface area contributed by atoms with E-state index in [-0.39, 0.29) is 16.9 Å². The van der Waals surface area contributed by atoms with Gasteiger partial charge in [0.1, 0.15) is 11.6 Å². The highest BCUT2D eigenvalue weighted by Crippen LogP contribution is 2.29. The largest absolute Gasteiger partial charge is 0.416 e. The van der Waals surface area contributed by atoms with Gasteiger partial charge in [-0.15, -0.1) is 0 Å². The Morgan fingerprint density at radius 3 is 2.76 bits per heavy atom. The second-order valence-electron chi connectivity index (χ2n) is 4.21. The summed E-state index contributed by atoms with van der Waals surface area (Å²) in [5, 5.41) is 15.0. The second kappa shape index (κ2) is 5.28. The van der Waals surface area contributed by atoms with Crippen LogP contribution in [0.25, 0.3) is 0 Å². The van der Waals surface area contributed by atoms with E-state index < -0.39 is 17.6 Å². The number of aryl methyl sites for hydroxylation is 1. The molecule has 2 aromatic rings. The molecule has 1 N–H and O–H groups in total. The van der Waals surface area contributed by atoms with Gasteiger partial charge in [-0.1, -0.05) is 6.07 Å². The fourth-order valence-electron chi connectivity index (χ4n) is 1.68. The average Bonchev–Trinajstić information content (AvgIpc) is 2.78. The number of benzene rings is 1. The topological polar surface area (TPSA) is 70.7 Å². The first kappa shape index (κ1) is 14.6. The highest BCUT2D eigenvalue weighted by atomic mass is 19.4. The van der Waals surface area contributed by atoms with Crippen molar-refractivity contribution >= 4 is 11.7 Å². The Bertz CT molecular complexity index is 728. The summed E-state index contributed by atoms with van der Waals surface area (Å²) in [6.45, 7) is 0. The zero-order valence-electron chi connectivity index (χ0n) is 10.8. The molecule has 0 fully saturated rings. The number of nitrogens with zero attached hydrogens (tertiary/aromatic N) is 3. The van der Waals surface area contributed by atoms with Gasteiger partial charge in [0.2, 0.25) is 0 Å². The van der Waals surface area contributed by atoms with E-state index in [0.717, 1.165) is 18.2 Å². The van der Waals surface area contributed by atoms with Gasteiger partial charge in [-0.2, -0.15) is 23.5 Å². The maximum Gasteiger partial charge on any atom is 0.416 e. The fraction of sp³-hybridized carbons (Fsp3) is 0.154. The molecule has 108 valence electrons. The van der Waals surface area contributed by atoms with Crippen LogP contribution in [0.15, 0.2) is 30.5 Å². The number of hydrogen-bond donors (Lipinski definition) is 1. The average molecular weight is 294 g/mol. The summed E-state index contributed by atoms with van der Waals surface area (Å²) in [7, 11) is 1.56. The van der Waals surface area contributed by atoms with Crippen LogP contribution >= 0.6 is 0 Å². The first-order valence-corrected chi connectivity index (χ1v) is 5.73. The van der Waals surface area contributed by atoms with Crippen LogP contribution in [0, 0.1) is 11.3 Å². The van der Waals surface area contributed by atoms with Crippen LogP contribution < -0.4 is 5.32 Å². The van der Waals surface area contributed by atoms with Gasteiger partial charge in [0.25, 0.3) is 5.91 Å². The Kier molecular flexibility index (Phi) is 3.67. The summed E-state index contributed by atoms with van der Waals surface area (Å²) in [6, 6.07) is 5.83. The van der Waals surface area contributed by atoms with E-state index in [1.54, 1.807) is 7.05 Å². The zero-order chi connectivity index (χ0) is 15.6. The molecule has 1 aromatic heterocycles. The van der Waals surface area contributed by atoms with Crippen LogP contribution in [0.4, 0.5) is 19.0 Å². The molecule has 0 aliphatic rings. The molecule has 2 rings (SSSR count). The smallest absolute Gasteiger partial charge is 0.304 e. The van der Waals surface area contributed by atoms with E-state index in [1.807, 2.05) is 6.07 Å². The van der Waals surface area contributed by atoms with Gasteiger partial charge in [-0.3, -0.25) is 9.48 Å². The predicted octanol–water partition coefficient (Wildman–Crippen LogP) is 2.56. The number of nitrogens with one attached hydrogen (secondary N) is 1. The van der Waals surface area contributed by atoms with Crippen molar-refractivity contribution < 1.29 is 18.0 Å². The fourth-order valence-corrected chi connectivity index (χ4v) is 1.68. The summed E-state index contributed by atoms with van der Waals surface area (Å²) in [5.41, 5.74) is -0.964. The Morgan fingerprint density at radius 1 is 1.43 bits per heavy atom. The molecule has 1 aromatic carbocycles. The van der Waals surface area contributed by atoms with E-state index in [1.165, 1.54) is 16.9 Å². The third kappa shape index (κ3) is 3.20. The van der Waals surface area contributed by atoms with Gasteiger partial charge in [-0.05, 0) is 18.2 Å². The van der Waals surface area contributed by atoms with Gasteiger partial charge in [0.05, 0.1) is 5.56 Å². The van der Waals surface area contributed by atoms with Crippen LogP contribution in [0.3, 0.4) is 0 Å². The molecule has 21 heavy (non-hydrogen) atoms. The summed E-state index contributed by atoms with van der Waals surface area (Å²) in [4.78, 5) is 11.9. The monoisotopic (exact) mass is 294 g/mol. The highest BCUT2D eigenvalue weighted by Gasteiger charge is 2.31. The van der Waals surface area contributed by atoms with Crippen LogP contribution in [0.5, 0.6) is 0 Å². The lowest BCUT2D eigenvalue weighted by molar-refractivity contribution is -0.137. The Morgan fingerprint density at radius 2 is 2.14 bits per heavy atom. The number of carbonyl (C=O) groups is 1. The third-order valence-corrected chi connectivity index (χ3v) is 2.63. The molecule has 0 saturated heterocycles. The Labute approximate surface area is 117 Å². The van der Waals surface area contributed by atoms with Crippen molar-refractivity contribution in [1.82, 2.24) is 9.78 Å². The molecule has 0 aliphatic heterocycles. The first-order valence-electron chi connectivity index (χ1n) is 5.73. The molecule has 0 radical (unpaired) electrons. The molecule has 0 saturated carbocycles. The lowest BCUT2D eigenvalue weighted by atomic mass is 10.1. The highest BCUT2D eigenvalue weighted by molar-refractivity contribution is 6.04. The van der Waals surface area contributed by atoms with Crippen LogP contribution in [-0.2, 0) is 13.2 Å². The van der Waals surface area contributed by atoms with Gasteiger partial charge in [0, 0.05) is 18.8 Å². The number of rotatable bonds is 2. The molecule has 0 unspecified atom stereocenters. The quantitative estimate of drug-likeness (QED) is 0.925. The van der Waals surface area contributed by atoms with Crippen LogP contribution in [0.1, 0.15) is 21.5 Å². The SMILES string of the molecule is Cn1cc(C#N)c(NC(=O)c2cccc(C(F)(F)F)c2)n1. The van der Waals surface area contributed by atoms with Crippen molar-refractivity contribution in [3.05, 3.63) is 47.2 Å². The lowest BCUT2D eigenvalue weighted by Gasteiger charge is -2.08. The van der Waals surface area contributed by atoms with E-state index in [9.17, 15) is 18.0 Å². The van der Waals surface area contributed by atoms with Gasteiger partial charge >= 0.3 is 6.18 Å². The minimum absolute atomic E-state index is 0.00223. The number of halogens is 3. The van der Waals surface area contributed by atoms with Gasteiger partial charge < -0.3 is 5.32 Å². The van der Waals surface area contributed by atoms with E-state index in [4.69, 9.17) is 5.26 Å². The van der Waals surface area contributed by atoms with Crippen molar-refractivity contribution in [3.8, 4) is 6.07 Å². The zero-order valence-corrected chi connectivity index (χ0v) is 10.8. The molecule has 1 amide bonds. The molecule has 5 nitrogen and oxygen atoms in total. The number of hydrogen-bond acceptors (Lipinski definition) is 3. The molecular formula is C13H9F3N4O. The summed E-state index contributed by atoms with van der Waals surface area (Å²) in [5.74, 6) is -0.765. The number of alkyl halides is 3. The molecule has 0 bridgehead atoms. The minimum Gasteiger partial charge on any atom is -0.304 e. The lowest BCUT2D eigenvalue weighted by Crippen LogP contribution is -2.15. The molecule has 0 spiro atoms. The summed E-state index contributed by atoms with van der Waals surface area (Å²) >= 11 is 0. The van der Waals surface area contributed by atoms with Crippen molar-refractivity contribution in [3.63, 3.8) is 0 Å². The van der Waals surface area contributed by atoms with Crippen LogP contribution in [0.2, 0.25) is 0 Å². The van der Waals surface area contributed by atoms with Crippen molar-refractivity contribution in [1.29, 1.82) is 5.26 Å². The number of carbonyl (C=O) groups excluding carboxylic acids is 1. The molecule has 8 heteroatoms. The van der Waals surface area contributed by atoms with Crippen molar-refractivity contribution in [2.75, 3.05) is 5.32 Å². The molecule has 0 aliphatic carbocycles. The maximum absolute atomic E-state index is 12.6. The van der Waals surface area contributed by atoms with E-state index in [0.29, 0.717) is 0 Å². The number of aromatic nitrogens is 2. The number of anilines is 1. The second-order valence-corrected chi connectivity index (χ2v) is 4.21.